The minimum Gasteiger partial charge on any atom is -0.310 e. The van der Waals surface area contributed by atoms with Crippen LogP contribution in [-0.2, 0) is 11.2 Å². The molecular formula is C22H19N3O. The lowest BCUT2D eigenvalue weighted by Gasteiger charge is -2.08. The molecule has 4 rings (SSSR count). The Kier molecular flexibility index (Phi) is 4.23. The molecule has 0 fully saturated rings. The molecule has 2 aromatic carbocycles. The monoisotopic (exact) mass is 341 g/mol. The molecule has 1 N–H and O–H groups in total. The quantitative estimate of drug-likeness (QED) is 0.594. The summed E-state index contributed by atoms with van der Waals surface area (Å²) in [4.78, 5) is 17.4. The zero-order valence-corrected chi connectivity index (χ0v) is 14.5. The van der Waals surface area contributed by atoms with E-state index in [1.807, 2.05) is 90.3 Å². The Bertz CT molecular complexity index is 1050. The zero-order chi connectivity index (χ0) is 17.9. The van der Waals surface area contributed by atoms with E-state index in [1.54, 1.807) is 0 Å². The first-order valence-corrected chi connectivity index (χ1v) is 8.58. The standard InChI is InChI=1S/C22H19N3O/c1-16-12-13-25-19(14-16)23-21(18-10-6-3-7-11-18)22(25)24-20(26)15-17-8-4-2-5-9-17/h2-14H,15H2,1H3,(H,24,26). The van der Waals surface area contributed by atoms with Gasteiger partial charge in [-0.3, -0.25) is 9.20 Å². The number of nitrogens with one attached hydrogen (secondary N) is 1. The third-order valence-electron chi connectivity index (χ3n) is 4.29. The van der Waals surface area contributed by atoms with E-state index in [9.17, 15) is 4.79 Å². The van der Waals surface area contributed by atoms with Gasteiger partial charge in [0, 0.05) is 11.8 Å². The minimum atomic E-state index is -0.0595. The highest BCUT2D eigenvalue weighted by Gasteiger charge is 2.16. The number of carbonyl (C=O) groups is 1. The topological polar surface area (TPSA) is 46.4 Å². The highest BCUT2D eigenvalue weighted by molar-refractivity contribution is 5.95. The van der Waals surface area contributed by atoms with Gasteiger partial charge in [-0.2, -0.15) is 0 Å². The van der Waals surface area contributed by atoms with Gasteiger partial charge in [-0.25, -0.2) is 4.98 Å². The lowest BCUT2D eigenvalue weighted by molar-refractivity contribution is -0.115. The van der Waals surface area contributed by atoms with Crippen LogP contribution in [-0.4, -0.2) is 15.3 Å². The van der Waals surface area contributed by atoms with Crippen LogP contribution in [0.4, 0.5) is 5.82 Å². The van der Waals surface area contributed by atoms with Gasteiger partial charge in [0.05, 0.1) is 6.42 Å². The fraction of sp³-hybridized carbons (Fsp3) is 0.0909. The Morgan fingerprint density at radius 1 is 1.00 bits per heavy atom. The van der Waals surface area contributed by atoms with Crippen molar-refractivity contribution in [3.05, 3.63) is 90.1 Å². The number of imidazole rings is 1. The van der Waals surface area contributed by atoms with Crippen molar-refractivity contribution in [2.24, 2.45) is 0 Å². The van der Waals surface area contributed by atoms with Gasteiger partial charge in [0.25, 0.3) is 0 Å². The van der Waals surface area contributed by atoms with E-state index in [2.05, 4.69) is 5.32 Å². The third-order valence-corrected chi connectivity index (χ3v) is 4.29. The first-order valence-electron chi connectivity index (χ1n) is 8.58. The van der Waals surface area contributed by atoms with Crippen LogP contribution in [0.25, 0.3) is 16.9 Å². The number of hydrogen-bond donors (Lipinski definition) is 1. The number of rotatable bonds is 4. The lowest BCUT2D eigenvalue weighted by atomic mass is 10.1. The number of aryl methyl sites for hydroxylation is 1. The maximum Gasteiger partial charge on any atom is 0.229 e. The van der Waals surface area contributed by atoms with E-state index in [1.165, 1.54) is 0 Å². The minimum absolute atomic E-state index is 0.0595. The number of aromatic nitrogens is 2. The number of nitrogens with zero attached hydrogens (tertiary/aromatic N) is 2. The van der Waals surface area contributed by atoms with E-state index in [0.717, 1.165) is 28.0 Å². The van der Waals surface area contributed by atoms with Crippen molar-refractivity contribution in [2.75, 3.05) is 5.32 Å². The number of amides is 1. The van der Waals surface area contributed by atoms with Gasteiger partial charge in [-0.1, -0.05) is 60.7 Å². The number of benzene rings is 2. The highest BCUT2D eigenvalue weighted by Crippen LogP contribution is 2.29. The molecular weight excluding hydrogens is 322 g/mol. The van der Waals surface area contributed by atoms with Crippen molar-refractivity contribution in [1.29, 1.82) is 0 Å². The van der Waals surface area contributed by atoms with Crippen molar-refractivity contribution in [2.45, 2.75) is 13.3 Å². The fourth-order valence-electron chi connectivity index (χ4n) is 3.02. The SMILES string of the molecule is Cc1ccn2c(NC(=O)Cc3ccccc3)c(-c3ccccc3)nc2c1. The summed E-state index contributed by atoms with van der Waals surface area (Å²) in [5.74, 6) is 0.642. The molecule has 0 radical (unpaired) electrons. The van der Waals surface area contributed by atoms with Gasteiger partial charge >= 0.3 is 0 Å². The smallest absolute Gasteiger partial charge is 0.229 e. The Labute approximate surface area is 152 Å². The largest absolute Gasteiger partial charge is 0.310 e. The van der Waals surface area contributed by atoms with Crippen molar-refractivity contribution in [1.82, 2.24) is 9.38 Å². The van der Waals surface area contributed by atoms with Gasteiger partial charge in [0.2, 0.25) is 5.91 Å². The van der Waals surface area contributed by atoms with Crippen LogP contribution in [0, 0.1) is 6.92 Å². The maximum absolute atomic E-state index is 12.6. The van der Waals surface area contributed by atoms with Crippen molar-refractivity contribution >= 4 is 17.4 Å². The highest BCUT2D eigenvalue weighted by atomic mass is 16.1. The Hall–Kier alpha value is -3.40. The van der Waals surface area contributed by atoms with Crippen LogP contribution in [0.5, 0.6) is 0 Å². The molecule has 0 aliphatic heterocycles. The van der Waals surface area contributed by atoms with Crippen LogP contribution in [0.15, 0.2) is 79.0 Å². The van der Waals surface area contributed by atoms with E-state index in [4.69, 9.17) is 4.98 Å². The van der Waals surface area contributed by atoms with E-state index >= 15 is 0 Å². The molecule has 0 aliphatic rings. The zero-order valence-electron chi connectivity index (χ0n) is 14.5. The Balaban J connectivity index is 1.74. The summed E-state index contributed by atoms with van der Waals surface area (Å²) in [6.07, 6.45) is 2.27. The van der Waals surface area contributed by atoms with Gasteiger partial charge in [-0.15, -0.1) is 0 Å². The second-order valence-electron chi connectivity index (χ2n) is 6.32. The van der Waals surface area contributed by atoms with Crippen LogP contribution in [0.1, 0.15) is 11.1 Å². The van der Waals surface area contributed by atoms with Crippen LogP contribution in [0.3, 0.4) is 0 Å². The summed E-state index contributed by atoms with van der Waals surface area (Å²) < 4.78 is 1.93. The molecule has 4 aromatic rings. The average Bonchev–Trinajstić information content (AvgIpc) is 3.00. The Morgan fingerprint density at radius 3 is 2.42 bits per heavy atom. The van der Waals surface area contributed by atoms with E-state index < -0.39 is 0 Å². The predicted molar refractivity (Wildman–Crippen MR) is 104 cm³/mol. The molecule has 0 atom stereocenters. The van der Waals surface area contributed by atoms with Gasteiger partial charge in [-0.05, 0) is 30.2 Å². The molecule has 2 heterocycles. The first-order chi connectivity index (χ1) is 12.7. The summed E-state index contributed by atoms with van der Waals surface area (Å²) in [6.45, 7) is 2.03. The second kappa shape index (κ2) is 6.84. The number of carbonyl (C=O) groups excluding carboxylic acids is 1. The molecule has 2 aromatic heterocycles. The first kappa shape index (κ1) is 16.1. The molecule has 1 amide bonds. The van der Waals surface area contributed by atoms with Crippen LogP contribution in [0.2, 0.25) is 0 Å². The molecule has 0 saturated heterocycles. The molecule has 128 valence electrons. The summed E-state index contributed by atoms with van der Waals surface area (Å²) in [6, 6.07) is 23.7. The number of pyridine rings is 1. The summed E-state index contributed by atoms with van der Waals surface area (Å²) >= 11 is 0. The molecule has 26 heavy (non-hydrogen) atoms. The summed E-state index contributed by atoms with van der Waals surface area (Å²) in [5, 5.41) is 3.06. The van der Waals surface area contributed by atoms with Crippen molar-refractivity contribution in [3.8, 4) is 11.3 Å². The van der Waals surface area contributed by atoms with Gasteiger partial charge in [0.15, 0.2) is 0 Å². The molecule has 0 saturated carbocycles. The van der Waals surface area contributed by atoms with Crippen molar-refractivity contribution in [3.63, 3.8) is 0 Å². The summed E-state index contributed by atoms with van der Waals surface area (Å²) in [5.41, 5.74) is 4.68. The molecule has 0 aliphatic carbocycles. The lowest BCUT2D eigenvalue weighted by Crippen LogP contribution is -2.16. The number of hydrogen-bond acceptors (Lipinski definition) is 2. The van der Waals surface area contributed by atoms with Crippen LogP contribution >= 0.6 is 0 Å². The normalized spacial score (nSPS) is 10.8. The number of fused-ring (bicyclic) bond motifs is 1. The van der Waals surface area contributed by atoms with Crippen molar-refractivity contribution < 1.29 is 4.79 Å². The maximum atomic E-state index is 12.6. The van der Waals surface area contributed by atoms with E-state index in [0.29, 0.717) is 12.2 Å². The molecule has 4 heteroatoms. The molecule has 0 spiro atoms. The van der Waals surface area contributed by atoms with Gasteiger partial charge < -0.3 is 5.32 Å². The Morgan fingerprint density at radius 2 is 1.69 bits per heavy atom. The molecule has 4 nitrogen and oxygen atoms in total. The molecule has 0 unspecified atom stereocenters. The van der Waals surface area contributed by atoms with E-state index in [-0.39, 0.29) is 5.91 Å². The fourth-order valence-corrected chi connectivity index (χ4v) is 3.02. The average molecular weight is 341 g/mol. The second-order valence-corrected chi connectivity index (χ2v) is 6.32. The summed E-state index contributed by atoms with van der Waals surface area (Å²) in [7, 11) is 0. The predicted octanol–water partition coefficient (Wildman–Crippen LogP) is 4.49. The third kappa shape index (κ3) is 3.22. The number of anilines is 1. The van der Waals surface area contributed by atoms with Crippen LogP contribution < -0.4 is 5.32 Å². The van der Waals surface area contributed by atoms with Gasteiger partial charge in [0.1, 0.15) is 17.2 Å². The molecule has 0 bridgehead atoms.